The number of anilines is 1. The number of benzene rings is 1. The van der Waals surface area contributed by atoms with Crippen molar-refractivity contribution in [1.82, 2.24) is 5.32 Å². The Bertz CT molecular complexity index is 566. The van der Waals surface area contributed by atoms with Crippen LogP contribution >= 0.6 is 7.60 Å². The second-order valence-electron chi connectivity index (χ2n) is 4.87. The summed E-state index contributed by atoms with van der Waals surface area (Å²) in [4.78, 5) is 29.8. The highest BCUT2D eigenvalue weighted by molar-refractivity contribution is 7.60. The van der Waals surface area contributed by atoms with Gasteiger partial charge in [-0.15, -0.1) is 0 Å². The zero-order valence-corrected chi connectivity index (χ0v) is 15.7. The monoisotopic (exact) mass is 378 g/mol. The summed E-state index contributed by atoms with van der Waals surface area (Å²) in [6.07, 6.45) is 0.617. The summed E-state index contributed by atoms with van der Waals surface area (Å²) < 4.78 is 26.9. The molecule has 136 valence electrons. The van der Waals surface area contributed by atoms with E-state index in [1.54, 1.807) is 0 Å². The van der Waals surface area contributed by atoms with Crippen LogP contribution in [0.15, 0.2) is 24.3 Å². The molecule has 0 aliphatic rings. The molecule has 4 N–H and O–H groups in total. The van der Waals surface area contributed by atoms with E-state index >= 15 is 0 Å². The summed E-state index contributed by atoms with van der Waals surface area (Å²) in [6.45, 7) is 0.400. The van der Waals surface area contributed by atoms with Gasteiger partial charge in [-0.05, 0) is 30.7 Å². The van der Waals surface area contributed by atoms with Gasteiger partial charge >= 0.3 is 22.4 Å². The standard InChI is InChI=1S/C13H23N2O7PSi/c1-20-24(21-2,22-3)10-4-9-14-13(16)15-11-5-7-12(8-6-11)23(17,18)19/h5-8H,4,9-10H2,1-3H3,(H2,14,15,16)(H2,17,18,19). The molecular formula is C13H23N2O7PSi. The summed E-state index contributed by atoms with van der Waals surface area (Å²) in [6, 6.07) is 5.53. The molecule has 1 aromatic carbocycles. The minimum atomic E-state index is -4.28. The van der Waals surface area contributed by atoms with Crippen LogP contribution in [0.5, 0.6) is 0 Å². The van der Waals surface area contributed by atoms with Crippen LogP contribution in [-0.2, 0) is 17.8 Å². The molecule has 9 nitrogen and oxygen atoms in total. The predicted octanol–water partition coefficient (Wildman–Crippen LogP) is 0.879. The maximum absolute atomic E-state index is 11.8. The molecule has 1 aromatic rings. The lowest BCUT2D eigenvalue weighted by molar-refractivity contribution is 0.123. The number of carbonyl (C=O) groups is 1. The molecule has 0 bridgehead atoms. The van der Waals surface area contributed by atoms with Crippen molar-refractivity contribution >= 4 is 33.4 Å². The quantitative estimate of drug-likeness (QED) is 0.285. The Morgan fingerprint density at radius 3 is 2.12 bits per heavy atom. The number of hydrogen-bond donors (Lipinski definition) is 4. The van der Waals surface area contributed by atoms with Crippen LogP contribution in [0.3, 0.4) is 0 Å². The van der Waals surface area contributed by atoms with E-state index in [-0.39, 0.29) is 5.30 Å². The van der Waals surface area contributed by atoms with Gasteiger partial charge in [-0.2, -0.15) is 0 Å². The molecule has 0 aliphatic heterocycles. The molecule has 0 radical (unpaired) electrons. The largest absolute Gasteiger partial charge is 0.500 e. The minimum absolute atomic E-state index is 0.103. The van der Waals surface area contributed by atoms with Gasteiger partial charge in [0.2, 0.25) is 0 Å². The summed E-state index contributed by atoms with van der Waals surface area (Å²) in [5.41, 5.74) is 0.430. The lowest BCUT2D eigenvalue weighted by Crippen LogP contribution is -2.43. The molecule has 0 heterocycles. The normalized spacial score (nSPS) is 12.0. The zero-order valence-electron chi connectivity index (χ0n) is 13.8. The van der Waals surface area contributed by atoms with Crippen molar-refractivity contribution in [3.05, 3.63) is 24.3 Å². The fourth-order valence-electron chi connectivity index (χ4n) is 1.98. The fourth-order valence-corrected chi connectivity index (χ4v) is 4.24. The van der Waals surface area contributed by atoms with Gasteiger partial charge in [0.05, 0.1) is 5.30 Å². The first-order valence-corrected chi connectivity index (χ1v) is 10.7. The van der Waals surface area contributed by atoms with Gasteiger partial charge in [0, 0.05) is 39.6 Å². The first-order chi connectivity index (χ1) is 11.3. The molecule has 2 amide bonds. The molecule has 0 aliphatic carbocycles. The van der Waals surface area contributed by atoms with Crippen LogP contribution < -0.4 is 15.9 Å². The third kappa shape index (κ3) is 6.33. The van der Waals surface area contributed by atoms with E-state index in [9.17, 15) is 9.36 Å². The fraction of sp³-hybridized carbons (Fsp3) is 0.462. The Morgan fingerprint density at radius 1 is 1.12 bits per heavy atom. The molecule has 0 fully saturated rings. The maximum atomic E-state index is 11.8. The van der Waals surface area contributed by atoms with Gasteiger partial charge < -0.3 is 33.7 Å². The molecule has 0 unspecified atom stereocenters. The SMILES string of the molecule is CO[Si](CCCNC(=O)Nc1ccc(P(=O)(O)O)cc1)(OC)OC. The molecule has 0 saturated heterocycles. The van der Waals surface area contributed by atoms with Gasteiger partial charge in [0.1, 0.15) is 0 Å². The van der Waals surface area contributed by atoms with Crippen molar-refractivity contribution in [2.45, 2.75) is 12.5 Å². The minimum Gasteiger partial charge on any atom is -0.377 e. The highest BCUT2D eigenvalue weighted by atomic mass is 31.2. The molecule has 0 saturated carbocycles. The summed E-state index contributed by atoms with van der Waals surface area (Å²) in [5, 5.41) is 5.14. The van der Waals surface area contributed by atoms with Crippen LogP contribution in [0.25, 0.3) is 0 Å². The van der Waals surface area contributed by atoms with Crippen LogP contribution in [0.4, 0.5) is 10.5 Å². The number of urea groups is 1. The van der Waals surface area contributed by atoms with E-state index in [2.05, 4.69) is 10.6 Å². The molecule has 24 heavy (non-hydrogen) atoms. The second kappa shape index (κ2) is 9.28. The highest BCUT2D eigenvalue weighted by Gasteiger charge is 2.36. The number of hydrogen-bond acceptors (Lipinski definition) is 5. The van der Waals surface area contributed by atoms with Crippen molar-refractivity contribution in [2.24, 2.45) is 0 Å². The van der Waals surface area contributed by atoms with Gasteiger partial charge in [0.15, 0.2) is 0 Å². The van der Waals surface area contributed by atoms with E-state index in [0.29, 0.717) is 24.7 Å². The molecular weight excluding hydrogens is 355 g/mol. The van der Waals surface area contributed by atoms with Gasteiger partial charge in [0.25, 0.3) is 0 Å². The smallest absolute Gasteiger partial charge is 0.377 e. The first kappa shape index (κ1) is 20.8. The lowest BCUT2D eigenvalue weighted by atomic mass is 10.3. The van der Waals surface area contributed by atoms with Crippen LogP contribution in [-0.4, -0.2) is 52.5 Å². The molecule has 11 heteroatoms. The number of nitrogens with one attached hydrogen (secondary N) is 2. The zero-order chi connectivity index (χ0) is 18.2. The molecule has 0 aromatic heterocycles. The number of carbonyl (C=O) groups excluding carboxylic acids is 1. The average Bonchev–Trinajstić information content (AvgIpc) is 2.55. The topological polar surface area (TPSA) is 126 Å². The van der Waals surface area contributed by atoms with Gasteiger partial charge in [-0.25, -0.2) is 4.79 Å². The predicted molar refractivity (Wildman–Crippen MR) is 91.3 cm³/mol. The Labute approximate surface area is 141 Å². The second-order valence-corrected chi connectivity index (χ2v) is 9.57. The van der Waals surface area contributed by atoms with E-state index in [1.807, 2.05) is 0 Å². The third-order valence-electron chi connectivity index (χ3n) is 3.34. The van der Waals surface area contributed by atoms with Crippen LogP contribution in [0.1, 0.15) is 6.42 Å². The van der Waals surface area contributed by atoms with Crippen molar-refractivity contribution in [2.75, 3.05) is 33.2 Å². The lowest BCUT2D eigenvalue weighted by Gasteiger charge is -2.24. The van der Waals surface area contributed by atoms with Crippen LogP contribution in [0, 0.1) is 0 Å². The molecule has 0 spiro atoms. The summed E-state index contributed by atoms with van der Waals surface area (Å²) in [7, 11) is -2.33. The third-order valence-corrected chi connectivity index (χ3v) is 7.14. The molecule has 0 atom stereocenters. The van der Waals surface area contributed by atoms with Crippen molar-refractivity contribution in [1.29, 1.82) is 0 Å². The van der Waals surface area contributed by atoms with Crippen molar-refractivity contribution < 1.29 is 32.4 Å². The summed E-state index contributed by atoms with van der Waals surface area (Å²) in [5.74, 6) is 0. The van der Waals surface area contributed by atoms with E-state index < -0.39 is 22.4 Å². The Morgan fingerprint density at radius 2 is 1.67 bits per heavy atom. The van der Waals surface area contributed by atoms with Gasteiger partial charge in [-0.3, -0.25) is 4.57 Å². The van der Waals surface area contributed by atoms with Gasteiger partial charge in [-0.1, -0.05) is 0 Å². The maximum Gasteiger partial charge on any atom is 0.500 e. The highest BCUT2D eigenvalue weighted by Crippen LogP contribution is 2.33. The van der Waals surface area contributed by atoms with Crippen LogP contribution in [0.2, 0.25) is 6.04 Å². The molecule has 1 rings (SSSR count). The Kier molecular flexibility index (Phi) is 8.04. The number of rotatable bonds is 9. The van der Waals surface area contributed by atoms with E-state index in [0.717, 1.165) is 0 Å². The van der Waals surface area contributed by atoms with E-state index in [1.165, 1.54) is 45.6 Å². The Hall–Kier alpha value is -1.26. The number of amides is 2. The van der Waals surface area contributed by atoms with Crippen molar-refractivity contribution in [3.8, 4) is 0 Å². The summed E-state index contributed by atoms with van der Waals surface area (Å²) >= 11 is 0. The first-order valence-electron chi connectivity index (χ1n) is 7.13. The van der Waals surface area contributed by atoms with E-state index in [4.69, 9.17) is 23.1 Å². The Balaban J connectivity index is 2.40. The van der Waals surface area contributed by atoms with Crippen molar-refractivity contribution in [3.63, 3.8) is 0 Å². The average molecular weight is 378 g/mol.